The van der Waals surface area contributed by atoms with Crippen molar-refractivity contribution in [1.82, 2.24) is 19.7 Å². The number of phenolic OH excluding ortho intramolecular Hbond substituents is 1. The van der Waals surface area contributed by atoms with Crippen LogP contribution in [0.15, 0.2) is 35.2 Å². The van der Waals surface area contributed by atoms with Crippen molar-refractivity contribution in [3.05, 3.63) is 30.7 Å². The fraction of sp³-hybridized carbons (Fsp3) is 0.0833. The highest BCUT2D eigenvalue weighted by molar-refractivity contribution is 5.67. The molecular formula is C12H11N5O2. The predicted molar refractivity (Wildman–Crippen MR) is 68.0 cm³/mol. The van der Waals surface area contributed by atoms with E-state index in [0.29, 0.717) is 17.1 Å². The van der Waals surface area contributed by atoms with Crippen LogP contribution in [0.1, 0.15) is 0 Å². The summed E-state index contributed by atoms with van der Waals surface area (Å²) < 4.78 is 6.92. The minimum atomic E-state index is 0.000191. The Balaban J connectivity index is 2.04. The van der Waals surface area contributed by atoms with Crippen molar-refractivity contribution in [2.75, 3.05) is 5.73 Å². The number of rotatable bonds is 2. The summed E-state index contributed by atoms with van der Waals surface area (Å²) >= 11 is 0. The molecule has 0 aliphatic carbocycles. The van der Waals surface area contributed by atoms with E-state index in [4.69, 9.17) is 10.3 Å². The Morgan fingerprint density at radius 3 is 2.89 bits per heavy atom. The van der Waals surface area contributed by atoms with E-state index in [2.05, 4.69) is 15.1 Å². The first-order valence-electron chi connectivity index (χ1n) is 5.54. The van der Waals surface area contributed by atoms with Gasteiger partial charge in [-0.1, -0.05) is 5.16 Å². The fourth-order valence-electron chi connectivity index (χ4n) is 1.74. The molecule has 0 aliphatic heterocycles. The molecule has 7 heteroatoms. The average molecular weight is 257 g/mol. The number of aromatic nitrogens is 4. The second-order valence-corrected chi connectivity index (χ2v) is 4.09. The highest BCUT2D eigenvalue weighted by Gasteiger charge is 2.15. The number of imidazole rings is 1. The van der Waals surface area contributed by atoms with Crippen LogP contribution in [0.5, 0.6) is 5.75 Å². The van der Waals surface area contributed by atoms with Gasteiger partial charge in [0.2, 0.25) is 5.82 Å². The number of nitrogens with two attached hydrogens (primary N) is 1. The average Bonchev–Trinajstić information content (AvgIpc) is 2.97. The number of aryl methyl sites for hydroxylation is 1. The molecule has 0 bridgehead atoms. The highest BCUT2D eigenvalue weighted by atomic mass is 16.5. The molecule has 96 valence electrons. The van der Waals surface area contributed by atoms with Gasteiger partial charge in [0.15, 0.2) is 0 Å². The number of hydrogen-bond acceptors (Lipinski definition) is 6. The SMILES string of the molecule is Cn1cncc1-c1noc(-c2ccc(N)cc2O)n1. The molecule has 0 radical (unpaired) electrons. The molecule has 0 aliphatic rings. The molecule has 19 heavy (non-hydrogen) atoms. The third-order valence-electron chi connectivity index (χ3n) is 2.72. The van der Waals surface area contributed by atoms with Crippen LogP contribution in [0, 0.1) is 0 Å². The van der Waals surface area contributed by atoms with Crippen molar-refractivity contribution in [2.24, 2.45) is 7.05 Å². The molecule has 0 saturated heterocycles. The van der Waals surface area contributed by atoms with Crippen molar-refractivity contribution in [1.29, 1.82) is 0 Å². The molecule has 0 saturated carbocycles. The Morgan fingerprint density at radius 2 is 2.21 bits per heavy atom. The smallest absolute Gasteiger partial charge is 0.262 e. The lowest BCUT2D eigenvalue weighted by molar-refractivity contribution is 0.425. The van der Waals surface area contributed by atoms with Gasteiger partial charge in [0, 0.05) is 18.8 Å². The lowest BCUT2D eigenvalue weighted by Crippen LogP contribution is -1.90. The normalized spacial score (nSPS) is 10.8. The zero-order valence-electron chi connectivity index (χ0n) is 10.1. The first-order valence-corrected chi connectivity index (χ1v) is 5.54. The molecule has 0 amide bonds. The largest absolute Gasteiger partial charge is 0.507 e. The first kappa shape index (κ1) is 11.3. The van der Waals surface area contributed by atoms with Crippen LogP contribution in [-0.2, 0) is 7.05 Å². The number of aromatic hydroxyl groups is 1. The van der Waals surface area contributed by atoms with Crippen LogP contribution in [-0.4, -0.2) is 24.8 Å². The van der Waals surface area contributed by atoms with E-state index in [1.165, 1.54) is 6.07 Å². The first-order chi connectivity index (χ1) is 9.15. The molecule has 0 atom stereocenters. The van der Waals surface area contributed by atoms with Gasteiger partial charge in [-0.15, -0.1) is 0 Å². The summed E-state index contributed by atoms with van der Waals surface area (Å²) in [5.74, 6) is 0.639. The maximum atomic E-state index is 9.81. The summed E-state index contributed by atoms with van der Waals surface area (Å²) in [6, 6.07) is 4.72. The van der Waals surface area contributed by atoms with Crippen LogP contribution in [0.2, 0.25) is 0 Å². The molecule has 3 N–H and O–H groups in total. The quantitative estimate of drug-likeness (QED) is 0.673. The molecule has 1 aromatic carbocycles. The molecule has 0 fully saturated rings. The Bertz CT molecular complexity index is 731. The van der Waals surface area contributed by atoms with Gasteiger partial charge in [0.1, 0.15) is 11.4 Å². The van der Waals surface area contributed by atoms with E-state index in [1.807, 2.05) is 7.05 Å². The molecule has 0 unspecified atom stereocenters. The van der Waals surface area contributed by atoms with Gasteiger partial charge in [-0.2, -0.15) is 4.98 Å². The highest BCUT2D eigenvalue weighted by Crippen LogP contribution is 2.30. The lowest BCUT2D eigenvalue weighted by Gasteiger charge is -1.99. The number of phenols is 1. The third kappa shape index (κ3) is 1.90. The van der Waals surface area contributed by atoms with Crippen LogP contribution < -0.4 is 5.73 Å². The van der Waals surface area contributed by atoms with Gasteiger partial charge in [-0.25, -0.2) is 4.98 Å². The van der Waals surface area contributed by atoms with E-state index in [0.717, 1.165) is 5.69 Å². The van der Waals surface area contributed by atoms with E-state index in [1.54, 1.807) is 29.2 Å². The molecule has 0 spiro atoms. The number of nitrogen functional groups attached to an aromatic ring is 1. The summed E-state index contributed by atoms with van der Waals surface area (Å²) in [6.45, 7) is 0. The van der Waals surface area contributed by atoms with Gasteiger partial charge in [-0.05, 0) is 12.1 Å². The minimum absolute atomic E-state index is 0.000191. The van der Waals surface area contributed by atoms with Gasteiger partial charge < -0.3 is 19.9 Å². The zero-order chi connectivity index (χ0) is 13.4. The zero-order valence-corrected chi connectivity index (χ0v) is 10.1. The number of hydrogen-bond donors (Lipinski definition) is 2. The van der Waals surface area contributed by atoms with E-state index >= 15 is 0 Å². The monoisotopic (exact) mass is 257 g/mol. The summed E-state index contributed by atoms with van der Waals surface area (Å²) in [6.07, 6.45) is 3.28. The second kappa shape index (κ2) is 4.13. The Morgan fingerprint density at radius 1 is 1.37 bits per heavy atom. The van der Waals surface area contributed by atoms with Gasteiger partial charge in [0.05, 0.1) is 18.1 Å². The lowest BCUT2D eigenvalue weighted by atomic mass is 10.2. The number of nitrogens with zero attached hydrogens (tertiary/aromatic N) is 4. The van der Waals surface area contributed by atoms with Crippen LogP contribution in [0.4, 0.5) is 5.69 Å². The standard InChI is InChI=1S/C12H11N5O2/c1-17-6-14-5-9(17)11-15-12(19-16-11)8-3-2-7(13)4-10(8)18/h2-6,18H,13H2,1H3. The summed E-state index contributed by atoms with van der Waals surface area (Å²) in [5, 5.41) is 13.7. The third-order valence-corrected chi connectivity index (χ3v) is 2.72. The minimum Gasteiger partial charge on any atom is -0.507 e. The van der Waals surface area contributed by atoms with Crippen LogP contribution in [0.3, 0.4) is 0 Å². The van der Waals surface area contributed by atoms with E-state index < -0.39 is 0 Å². The van der Waals surface area contributed by atoms with Crippen LogP contribution in [0.25, 0.3) is 23.0 Å². The summed E-state index contributed by atoms with van der Waals surface area (Å²) in [4.78, 5) is 8.22. The van der Waals surface area contributed by atoms with Crippen molar-refractivity contribution >= 4 is 5.69 Å². The molecule has 3 aromatic rings. The number of benzene rings is 1. The molecule has 7 nitrogen and oxygen atoms in total. The van der Waals surface area contributed by atoms with Crippen molar-refractivity contribution in [2.45, 2.75) is 0 Å². The Hall–Kier alpha value is -2.83. The van der Waals surface area contributed by atoms with Crippen molar-refractivity contribution < 1.29 is 9.63 Å². The maximum Gasteiger partial charge on any atom is 0.262 e. The van der Waals surface area contributed by atoms with Crippen LogP contribution >= 0.6 is 0 Å². The topological polar surface area (TPSA) is 103 Å². The number of anilines is 1. The predicted octanol–water partition coefficient (Wildman–Crippen LogP) is 1.42. The molecule has 3 rings (SSSR count). The maximum absolute atomic E-state index is 9.81. The van der Waals surface area contributed by atoms with Crippen molar-refractivity contribution in [3.8, 4) is 28.7 Å². The van der Waals surface area contributed by atoms with Gasteiger partial charge >= 0.3 is 0 Å². The van der Waals surface area contributed by atoms with E-state index in [9.17, 15) is 5.11 Å². The molecule has 2 heterocycles. The summed E-state index contributed by atoms with van der Waals surface area (Å²) in [5.41, 5.74) is 7.20. The van der Waals surface area contributed by atoms with E-state index in [-0.39, 0.29) is 11.6 Å². The van der Waals surface area contributed by atoms with Gasteiger partial charge in [-0.3, -0.25) is 0 Å². The Kier molecular flexibility index (Phi) is 2.45. The van der Waals surface area contributed by atoms with Gasteiger partial charge in [0.25, 0.3) is 5.89 Å². The second-order valence-electron chi connectivity index (χ2n) is 4.09. The Labute approximate surface area is 108 Å². The molecule has 2 aromatic heterocycles. The fourth-order valence-corrected chi connectivity index (χ4v) is 1.74. The summed E-state index contributed by atoms with van der Waals surface area (Å²) in [7, 11) is 1.83. The molecular weight excluding hydrogens is 246 g/mol. The van der Waals surface area contributed by atoms with Crippen molar-refractivity contribution in [3.63, 3.8) is 0 Å².